The number of hydrogen-bond acceptors (Lipinski definition) is 2. The number of benzene rings is 1. The monoisotopic (exact) mass is 275 g/mol. The highest BCUT2D eigenvalue weighted by molar-refractivity contribution is 9.10. The van der Waals surface area contributed by atoms with E-state index >= 15 is 0 Å². The minimum absolute atomic E-state index is 0.141. The third-order valence-electron chi connectivity index (χ3n) is 1.65. The van der Waals surface area contributed by atoms with Crippen molar-refractivity contribution >= 4 is 27.5 Å². The maximum absolute atomic E-state index is 9.58. The molecule has 1 aromatic carbocycles. The Morgan fingerprint density at radius 1 is 1.57 bits per heavy atom. The maximum atomic E-state index is 9.58. The first-order valence-electron chi connectivity index (χ1n) is 3.83. The van der Waals surface area contributed by atoms with Crippen molar-refractivity contribution in [2.24, 2.45) is 5.11 Å². The average Bonchev–Trinajstić information content (AvgIpc) is 2.13. The molecular formula is C8H7BrClN3O. The predicted molar refractivity (Wildman–Crippen MR) is 58.5 cm³/mol. The third-order valence-corrected chi connectivity index (χ3v) is 2.47. The van der Waals surface area contributed by atoms with E-state index < -0.39 is 0 Å². The van der Waals surface area contributed by atoms with Crippen molar-refractivity contribution < 1.29 is 5.11 Å². The van der Waals surface area contributed by atoms with E-state index in [2.05, 4.69) is 26.0 Å². The normalized spacial score (nSPS) is 9.57. The van der Waals surface area contributed by atoms with E-state index in [4.69, 9.17) is 17.1 Å². The molecule has 0 aliphatic rings. The molecule has 0 fully saturated rings. The lowest BCUT2D eigenvalue weighted by molar-refractivity contribution is 0.465. The topological polar surface area (TPSA) is 69.0 Å². The molecule has 1 rings (SSSR count). The van der Waals surface area contributed by atoms with Crippen molar-refractivity contribution in [3.05, 3.63) is 37.6 Å². The fraction of sp³-hybridized carbons (Fsp3) is 0.250. The summed E-state index contributed by atoms with van der Waals surface area (Å²) < 4.78 is 0.543. The van der Waals surface area contributed by atoms with Gasteiger partial charge in [0.2, 0.25) is 0 Å². The second kappa shape index (κ2) is 5.10. The Morgan fingerprint density at radius 2 is 2.29 bits per heavy atom. The van der Waals surface area contributed by atoms with Crippen LogP contribution in [-0.2, 0) is 6.42 Å². The Hall–Kier alpha value is -0.900. The van der Waals surface area contributed by atoms with Crippen molar-refractivity contribution in [2.75, 3.05) is 6.54 Å². The number of nitrogens with zero attached hydrogens (tertiary/aromatic N) is 3. The van der Waals surface area contributed by atoms with Crippen molar-refractivity contribution in [2.45, 2.75) is 6.42 Å². The number of phenolic OH excluding ortho intramolecular Hbond substituents is 1. The largest absolute Gasteiger partial charge is 0.506 e. The van der Waals surface area contributed by atoms with E-state index in [0.717, 1.165) is 0 Å². The molecule has 0 heterocycles. The highest BCUT2D eigenvalue weighted by Gasteiger charge is 2.06. The van der Waals surface area contributed by atoms with Crippen LogP contribution in [-0.4, -0.2) is 11.7 Å². The molecule has 0 aliphatic heterocycles. The maximum Gasteiger partial charge on any atom is 0.133 e. The predicted octanol–water partition coefficient (Wildman–Crippen LogP) is 3.66. The second-order valence-corrected chi connectivity index (χ2v) is 3.89. The molecule has 0 saturated carbocycles. The summed E-state index contributed by atoms with van der Waals surface area (Å²) in [6, 6.07) is 3.25. The summed E-state index contributed by atoms with van der Waals surface area (Å²) in [5.41, 5.74) is 8.75. The Bertz CT molecular complexity index is 390. The van der Waals surface area contributed by atoms with Crippen molar-refractivity contribution in [1.82, 2.24) is 0 Å². The van der Waals surface area contributed by atoms with Crippen LogP contribution in [0.5, 0.6) is 5.75 Å². The summed E-state index contributed by atoms with van der Waals surface area (Å²) in [6.45, 7) is 0.302. The lowest BCUT2D eigenvalue weighted by Gasteiger charge is -2.05. The summed E-state index contributed by atoms with van der Waals surface area (Å²) >= 11 is 8.96. The zero-order chi connectivity index (χ0) is 10.6. The van der Waals surface area contributed by atoms with Gasteiger partial charge >= 0.3 is 0 Å². The molecular weight excluding hydrogens is 269 g/mol. The minimum atomic E-state index is 0.141. The lowest BCUT2D eigenvalue weighted by Crippen LogP contribution is -1.90. The molecule has 4 nitrogen and oxygen atoms in total. The van der Waals surface area contributed by atoms with Gasteiger partial charge < -0.3 is 5.11 Å². The molecule has 0 unspecified atom stereocenters. The van der Waals surface area contributed by atoms with E-state index in [9.17, 15) is 5.11 Å². The van der Waals surface area contributed by atoms with Gasteiger partial charge in [-0.05, 0) is 45.6 Å². The second-order valence-electron chi connectivity index (χ2n) is 2.60. The van der Waals surface area contributed by atoms with Gasteiger partial charge in [-0.3, -0.25) is 0 Å². The van der Waals surface area contributed by atoms with E-state index in [-0.39, 0.29) is 5.75 Å². The van der Waals surface area contributed by atoms with Crippen molar-refractivity contribution in [3.63, 3.8) is 0 Å². The van der Waals surface area contributed by atoms with Crippen LogP contribution >= 0.6 is 27.5 Å². The van der Waals surface area contributed by atoms with Crippen molar-refractivity contribution in [3.8, 4) is 5.75 Å². The number of hydrogen-bond donors (Lipinski definition) is 1. The first-order valence-corrected chi connectivity index (χ1v) is 5.00. The Labute approximate surface area is 94.3 Å². The highest BCUT2D eigenvalue weighted by Crippen LogP contribution is 2.31. The Kier molecular flexibility index (Phi) is 4.07. The number of rotatable bonds is 3. The first kappa shape index (κ1) is 11.2. The number of phenols is 1. The summed E-state index contributed by atoms with van der Waals surface area (Å²) in [4.78, 5) is 2.62. The van der Waals surface area contributed by atoms with Crippen LogP contribution in [0.2, 0.25) is 5.02 Å². The van der Waals surface area contributed by atoms with Gasteiger partial charge in [0.05, 0.1) is 4.47 Å². The minimum Gasteiger partial charge on any atom is -0.506 e. The molecule has 0 spiro atoms. The van der Waals surface area contributed by atoms with Crippen LogP contribution in [0, 0.1) is 0 Å². The zero-order valence-electron chi connectivity index (χ0n) is 7.11. The number of azide groups is 1. The molecule has 1 aromatic rings. The lowest BCUT2D eigenvalue weighted by atomic mass is 10.1. The van der Waals surface area contributed by atoms with Crippen LogP contribution in [0.3, 0.4) is 0 Å². The molecule has 6 heteroatoms. The molecule has 0 atom stereocenters. The standard InChI is InChI=1S/C8H7BrClN3O/c9-7-4-6(10)3-5(8(7)14)1-2-12-13-11/h3-4,14H,1-2H2. The van der Waals surface area contributed by atoms with Crippen LogP contribution in [0.25, 0.3) is 10.4 Å². The van der Waals surface area contributed by atoms with E-state index in [0.29, 0.717) is 28.0 Å². The molecule has 0 bridgehead atoms. The molecule has 0 aliphatic carbocycles. The quantitative estimate of drug-likeness (QED) is 0.511. The fourth-order valence-corrected chi connectivity index (χ4v) is 1.90. The molecule has 0 saturated heterocycles. The molecule has 74 valence electrons. The van der Waals surface area contributed by atoms with E-state index in [1.807, 2.05) is 0 Å². The van der Waals surface area contributed by atoms with E-state index in [1.165, 1.54) is 0 Å². The van der Waals surface area contributed by atoms with Crippen LogP contribution < -0.4 is 0 Å². The summed E-state index contributed by atoms with van der Waals surface area (Å²) in [7, 11) is 0. The average molecular weight is 277 g/mol. The SMILES string of the molecule is [N-]=[N+]=NCCc1cc(Cl)cc(Br)c1O. The summed E-state index contributed by atoms with van der Waals surface area (Å²) in [5, 5.41) is 13.5. The molecule has 0 amide bonds. The zero-order valence-corrected chi connectivity index (χ0v) is 9.46. The Balaban J connectivity index is 2.90. The van der Waals surface area contributed by atoms with Gasteiger partial charge in [0.25, 0.3) is 0 Å². The fourth-order valence-electron chi connectivity index (χ4n) is 1.03. The van der Waals surface area contributed by atoms with Gasteiger partial charge in [-0.15, -0.1) is 0 Å². The van der Waals surface area contributed by atoms with Gasteiger partial charge in [-0.25, -0.2) is 0 Å². The van der Waals surface area contributed by atoms with Gasteiger partial charge in [-0.1, -0.05) is 16.7 Å². The molecule has 14 heavy (non-hydrogen) atoms. The van der Waals surface area contributed by atoms with Crippen molar-refractivity contribution in [1.29, 1.82) is 0 Å². The smallest absolute Gasteiger partial charge is 0.133 e. The van der Waals surface area contributed by atoms with Crippen LogP contribution in [0.4, 0.5) is 0 Å². The first-order chi connectivity index (χ1) is 6.65. The summed E-state index contributed by atoms with van der Waals surface area (Å²) in [5.74, 6) is 0.141. The van der Waals surface area contributed by atoms with Gasteiger partial charge in [-0.2, -0.15) is 0 Å². The molecule has 1 N–H and O–H groups in total. The van der Waals surface area contributed by atoms with Crippen LogP contribution in [0.15, 0.2) is 21.7 Å². The number of aromatic hydroxyl groups is 1. The summed E-state index contributed by atoms with van der Waals surface area (Å²) in [6.07, 6.45) is 0.467. The van der Waals surface area contributed by atoms with Crippen LogP contribution in [0.1, 0.15) is 5.56 Å². The highest BCUT2D eigenvalue weighted by atomic mass is 79.9. The molecule has 0 aromatic heterocycles. The molecule has 0 radical (unpaired) electrons. The van der Waals surface area contributed by atoms with Gasteiger partial charge in [0.1, 0.15) is 5.75 Å². The number of halogens is 2. The third kappa shape index (κ3) is 2.80. The van der Waals surface area contributed by atoms with Gasteiger partial charge in [0, 0.05) is 16.5 Å². The Morgan fingerprint density at radius 3 is 2.93 bits per heavy atom. The van der Waals surface area contributed by atoms with Gasteiger partial charge in [0.15, 0.2) is 0 Å². The van der Waals surface area contributed by atoms with E-state index in [1.54, 1.807) is 12.1 Å².